The summed E-state index contributed by atoms with van der Waals surface area (Å²) in [5, 5.41) is 0.513. The van der Waals surface area contributed by atoms with Crippen molar-refractivity contribution in [3.05, 3.63) is 64.7 Å². The molecule has 0 N–H and O–H groups in total. The first kappa shape index (κ1) is 20.2. The molecule has 6 nitrogen and oxygen atoms in total. The molecule has 2 heterocycles. The number of benzene rings is 2. The molecule has 0 bridgehead atoms. The predicted molar refractivity (Wildman–Crippen MR) is 113 cm³/mol. The summed E-state index contributed by atoms with van der Waals surface area (Å²) in [5.41, 5.74) is -1.61. The van der Waals surface area contributed by atoms with Crippen molar-refractivity contribution in [2.24, 2.45) is 10.8 Å². The Kier molecular flexibility index (Phi) is 4.68. The Morgan fingerprint density at radius 3 is 2.45 bits per heavy atom. The molecule has 2 fully saturated rings. The minimum atomic E-state index is -1.57. The molecule has 0 aromatic heterocycles. The zero-order chi connectivity index (χ0) is 21.8. The number of Topliss-reactive ketones (excluding diaryl/α,β-unsaturated/α-hetero) is 1. The number of carbonyl (C=O) groups excluding carboxylic acids is 3. The lowest BCUT2D eigenvalue weighted by Gasteiger charge is -2.32. The van der Waals surface area contributed by atoms with E-state index in [-0.39, 0.29) is 11.7 Å². The molecule has 3 aliphatic rings. The van der Waals surface area contributed by atoms with Gasteiger partial charge < -0.3 is 14.4 Å². The monoisotopic (exact) mass is 439 g/mol. The summed E-state index contributed by atoms with van der Waals surface area (Å²) in [6.07, 6.45) is 0.332. The average molecular weight is 440 g/mol. The fraction of sp³-hybridized carbons (Fsp3) is 0.375. The molecular formula is C24H22ClNO5. The van der Waals surface area contributed by atoms with E-state index in [9.17, 15) is 14.4 Å². The fourth-order valence-electron chi connectivity index (χ4n) is 5.56. The molecule has 2 aromatic rings. The molecule has 2 aliphatic heterocycles. The van der Waals surface area contributed by atoms with Crippen LogP contribution in [-0.4, -0.2) is 48.9 Å². The van der Waals surface area contributed by atoms with Crippen LogP contribution in [0.25, 0.3) is 0 Å². The van der Waals surface area contributed by atoms with Crippen molar-refractivity contribution in [3.63, 3.8) is 0 Å². The molecule has 1 saturated heterocycles. The minimum Gasteiger partial charge on any atom is -0.425 e. The van der Waals surface area contributed by atoms with Gasteiger partial charge in [0.2, 0.25) is 5.91 Å². The number of hydrogen-bond donors (Lipinski definition) is 0. The van der Waals surface area contributed by atoms with E-state index in [1.165, 1.54) is 0 Å². The molecule has 7 heteroatoms. The highest BCUT2D eigenvalue weighted by Crippen LogP contribution is 2.80. The predicted octanol–water partition coefficient (Wildman–Crippen LogP) is 3.48. The first-order chi connectivity index (χ1) is 15.0. The number of esters is 1. The lowest BCUT2D eigenvalue weighted by atomic mass is 9.82. The lowest BCUT2D eigenvalue weighted by molar-refractivity contribution is -0.156. The van der Waals surface area contributed by atoms with Crippen molar-refractivity contribution >= 4 is 29.3 Å². The molecule has 1 amide bonds. The third kappa shape index (κ3) is 2.58. The molecule has 1 saturated carbocycles. The summed E-state index contributed by atoms with van der Waals surface area (Å²) in [4.78, 5) is 43.0. The number of ether oxygens (including phenoxy) is 2. The van der Waals surface area contributed by atoms with Crippen molar-refractivity contribution in [1.82, 2.24) is 4.90 Å². The summed E-state index contributed by atoms with van der Waals surface area (Å²) in [6.45, 7) is 3.44. The number of amides is 1. The molecule has 0 radical (unpaired) electrons. The minimum absolute atomic E-state index is 0.230. The summed E-state index contributed by atoms with van der Waals surface area (Å²) in [6, 6.07) is 13.8. The van der Waals surface area contributed by atoms with E-state index in [0.29, 0.717) is 49.1 Å². The van der Waals surface area contributed by atoms with Crippen molar-refractivity contribution in [1.29, 1.82) is 0 Å². The third-order valence-electron chi connectivity index (χ3n) is 7.01. The summed E-state index contributed by atoms with van der Waals surface area (Å²) < 4.78 is 11.1. The zero-order valence-corrected chi connectivity index (χ0v) is 17.9. The molecule has 160 valence electrons. The van der Waals surface area contributed by atoms with Gasteiger partial charge in [-0.1, -0.05) is 36.7 Å². The summed E-state index contributed by atoms with van der Waals surface area (Å²) in [7, 11) is 0. The van der Waals surface area contributed by atoms with Gasteiger partial charge in [-0.2, -0.15) is 0 Å². The number of ketones is 1. The maximum absolute atomic E-state index is 13.9. The van der Waals surface area contributed by atoms with Gasteiger partial charge in [0.25, 0.3) is 0 Å². The van der Waals surface area contributed by atoms with Crippen LogP contribution in [0.15, 0.2) is 48.5 Å². The number of morpholine rings is 1. The Morgan fingerprint density at radius 1 is 1.10 bits per heavy atom. The van der Waals surface area contributed by atoms with Crippen molar-refractivity contribution in [3.8, 4) is 5.75 Å². The summed E-state index contributed by atoms with van der Waals surface area (Å²) >= 11 is 6.01. The molecule has 5 rings (SSSR count). The van der Waals surface area contributed by atoms with Crippen LogP contribution in [0.4, 0.5) is 0 Å². The highest BCUT2D eigenvalue weighted by atomic mass is 35.5. The molecule has 31 heavy (non-hydrogen) atoms. The lowest BCUT2D eigenvalue weighted by Crippen LogP contribution is -2.51. The van der Waals surface area contributed by atoms with Gasteiger partial charge in [0.15, 0.2) is 11.2 Å². The highest BCUT2D eigenvalue weighted by Gasteiger charge is 2.89. The van der Waals surface area contributed by atoms with Gasteiger partial charge in [-0.15, -0.1) is 0 Å². The van der Waals surface area contributed by atoms with E-state index in [1.54, 1.807) is 41.3 Å². The topological polar surface area (TPSA) is 72.9 Å². The van der Waals surface area contributed by atoms with Gasteiger partial charge in [0, 0.05) is 35.2 Å². The first-order valence-corrected chi connectivity index (χ1v) is 10.8. The second kappa shape index (κ2) is 7.18. The van der Waals surface area contributed by atoms with E-state index in [0.717, 1.165) is 5.56 Å². The zero-order valence-electron chi connectivity index (χ0n) is 17.1. The maximum Gasteiger partial charge on any atom is 0.328 e. The van der Waals surface area contributed by atoms with Crippen molar-refractivity contribution < 1.29 is 23.9 Å². The number of para-hydroxylation sites is 1. The molecule has 0 unspecified atom stereocenters. The number of nitrogens with zero attached hydrogens (tertiary/aromatic N) is 1. The van der Waals surface area contributed by atoms with Gasteiger partial charge in [0.1, 0.15) is 5.75 Å². The van der Waals surface area contributed by atoms with Crippen LogP contribution >= 0.6 is 11.6 Å². The first-order valence-electron chi connectivity index (χ1n) is 10.5. The van der Waals surface area contributed by atoms with Gasteiger partial charge in [0.05, 0.1) is 18.6 Å². The largest absolute Gasteiger partial charge is 0.425 e. The van der Waals surface area contributed by atoms with E-state index >= 15 is 0 Å². The van der Waals surface area contributed by atoms with Crippen LogP contribution in [-0.2, 0) is 14.3 Å². The van der Waals surface area contributed by atoms with Gasteiger partial charge in [-0.3, -0.25) is 14.4 Å². The van der Waals surface area contributed by atoms with Gasteiger partial charge in [-0.05, 0) is 36.8 Å². The second-order valence-corrected chi connectivity index (χ2v) is 8.67. The van der Waals surface area contributed by atoms with Crippen molar-refractivity contribution in [2.75, 3.05) is 26.3 Å². The Hall–Kier alpha value is -2.70. The SMILES string of the molecule is CC[C@]1(C(=O)c2ccc(Cl)cc2)[C@@H]2c3ccccc3OC(=O)[C@]21C(=O)N1CCOCC1. The number of rotatable bonds is 4. The molecule has 0 spiro atoms. The fourth-order valence-corrected chi connectivity index (χ4v) is 5.68. The Morgan fingerprint density at radius 2 is 1.77 bits per heavy atom. The van der Waals surface area contributed by atoms with E-state index in [1.807, 2.05) is 19.1 Å². The van der Waals surface area contributed by atoms with E-state index < -0.39 is 22.7 Å². The third-order valence-corrected chi connectivity index (χ3v) is 7.26. The van der Waals surface area contributed by atoms with Crippen LogP contribution in [0.3, 0.4) is 0 Å². The number of halogens is 1. The van der Waals surface area contributed by atoms with E-state index in [4.69, 9.17) is 21.1 Å². The van der Waals surface area contributed by atoms with Crippen LogP contribution in [0.2, 0.25) is 5.02 Å². The Bertz CT molecular complexity index is 1080. The maximum atomic E-state index is 13.9. The van der Waals surface area contributed by atoms with Crippen LogP contribution in [0.5, 0.6) is 5.75 Å². The number of fused-ring (bicyclic) bond motifs is 3. The Balaban J connectivity index is 1.68. The van der Waals surface area contributed by atoms with Crippen LogP contribution < -0.4 is 4.74 Å². The summed E-state index contributed by atoms with van der Waals surface area (Å²) in [5.74, 6) is -1.36. The number of carbonyl (C=O) groups is 3. The standard InChI is InChI=1S/C24H22ClNO5/c1-2-23(20(27)15-7-9-16(25)10-8-15)19-17-5-3-4-6-18(17)31-22(29)24(19,23)21(28)26-11-13-30-14-12-26/h3-10,19H,2,11-14H2,1H3/t19-,23+,24+/m0/s1. The average Bonchev–Trinajstić information content (AvgIpc) is 3.46. The molecular weight excluding hydrogens is 418 g/mol. The van der Waals surface area contributed by atoms with Gasteiger partial charge in [-0.25, -0.2) is 0 Å². The molecule has 2 aromatic carbocycles. The smallest absolute Gasteiger partial charge is 0.328 e. The van der Waals surface area contributed by atoms with Gasteiger partial charge >= 0.3 is 5.97 Å². The van der Waals surface area contributed by atoms with Crippen LogP contribution in [0, 0.1) is 10.8 Å². The van der Waals surface area contributed by atoms with E-state index in [2.05, 4.69) is 0 Å². The van der Waals surface area contributed by atoms with Crippen LogP contribution in [0.1, 0.15) is 35.2 Å². The highest BCUT2D eigenvalue weighted by molar-refractivity contribution is 6.30. The normalized spacial score (nSPS) is 28.9. The van der Waals surface area contributed by atoms with Crippen molar-refractivity contribution in [2.45, 2.75) is 19.3 Å². The second-order valence-electron chi connectivity index (χ2n) is 8.23. The quantitative estimate of drug-likeness (QED) is 0.315. The molecule has 1 aliphatic carbocycles. The molecule has 3 atom stereocenters. The Labute approximate surface area is 185 Å². The number of hydrogen-bond acceptors (Lipinski definition) is 5.